The molecule has 96 valence electrons. The van der Waals surface area contributed by atoms with E-state index in [0.717, 1.165) is 6.54 Å². The zero-order valence-electron chi connectivity index (χ0n) is 10.5. The fraction of sp³-hybridized carbons (Fsp3) is 0.909. The molecule has 0 radical (unpaired) electrons. The number of ether oxygens (including phenoxy) is 1. The predicted molar refractivity (Wildman–Crippen MR) is 63.2 cm³/mol. The number of aliphatic hydroxyl groups is 1. The number of hydrogen-bond donors (Lipinski definition) is 3. The maximum Gasteiger partial charge on any atom is 0.224 e. The van der Waals surface area contributed by atoms with Crippen molar-refractivity contribution in [1.82, 2.24) is 10.6 Å². The molecule has 0 spiro atoms. The van der Waals surface area contributed by atoms with Crippen LogP contribution in [0, 0.1) is 5.92 Å². The van der Waals surface area contributed by atoms with E-state index in [0.29, 0.717) is 26.1 Å². The zero-order valence-corrected chi connectivity index (χ0v) is 10.5. The van der Waals surface area contributed by atoms with Gasteiger partial charge in [0, 0.05) is 26.1 Å². The Morgan fingerprint density at radius 1 is 1.50 bits per heavy atom. The summed E-state index contributed by atoms with van der Waals surface area (Å²) in [6.07, 6.45) is 0.0161. The fourth-order valence-corrected chi connectivity index (χ4v) is 1.27. The van der Waals surface area contributed by atoms with E-state index in [4.69, 9.17) is 4.74 Å². The first-order valence-corrected chi connectivity index (χ1v) is 5.77. The Morgan fingerprint density at radius 3 is 2.75 bits per heavy atom. The molecule has 2 atom stereocenters. The molecule has 2 unspecified atom stereocenters. The molecule has 3 N–H and O–H groups in total. The largest absolute Gasteiger partial charge is 0.391 e. The summed E-state index contributed by atoms with van der Waals surface area (Å²) in [4.78, 5) is 11.5. The summed E-state index contributed by atoms with van der Waals surface area (Å²) in [5.41, 5.74) is 0. The second-order valence-electron chi connectivity index (χ2n) is 3.90. The van der Waals surface area contributed by atoms with Gasteiger partial charge in [0.25, 0.3) is 0 Å². The normalized spacial score (nSPS) is 14.5. The number of carbonyl (C=O) groups excluding carboxylic acids is 1. The third-order valence-electron chi connectivity index (χ3n) is 2.28. The minimum atomic E-state index is -0.505. The average Bonchev–Trinajstić information content (AvgIpc) is 2.26. The summed E-state index contributed by atoms with van der Waals surface area (Å²) in [7, 11) is 1.54. The van der Waals surface area contributed by atoms with Gasteiger partial charge in [0.1, 0.15) is 0 Å². The first-order chi connectivity index (χ1) is 7.61. The Balaban J connectivity index is 3.56. The van der Waals surface area contributed by atoms with Crippen molar-refractivity contribution in [2.45, 2.75) is 26.4 Å². The number of nitrogens with one attached hydrogen (secondary N) is 2. The third-order valence-corrected chi connectivity index (χ3v) is 2.28. The maximum absolute atomic E-state index is 11.5. The molecule has 0 fully saturated rings. The third kappa shape index (κ3) is 7.62. The van der Waals surface area contributed by atoms with Crippen molar-refractivity contribution in [3.63, 3.8) is 0 Å². The highest BCUT2D eigenvalue weighted by atomic mass is 16.5. The number of amides is 1. The van der Waals surface area contributed by atoms with Crippen LogP contribution in [-0.2, 0) is 9.53 Å². The molecule has 0 bridgehead atoms. The van der Waals surface area contributed by atoms with E-state index in [1.165, 1.54) is 0 Å². The fourth-order valence-electron chi connectivity index (χ4n) is 1.27. The number of aliphatic hydroxyl groups excluding tert-OH is 1. The molecule has 0 saturated carbocycles. The molecule has 0 heterocycles. The van der Waals surface area contributed by atoms with E-state index in [1.54, 1.807) is 7.11 Å². The van der Waals surface area contributed by atoms with E-state index in [1.807, 2.05) is 13.8 Å². The van der Waals surface area contributed by atoms with Gasteiger partial charge in [0.05, 0.1) is 12.7 Å². The quantitative estimate of drug-likeness (QED) is 0.512. The molecule has 0 aromatic heterocycles. The maximum atomic E-state index is 11.5. The molecule has 0 aliphatic carbocycles. The van der Waals surface area contributed by atoms with Crippen molar-refractivity contribution < 1.29 is 14.6 Å². The zero-order chi connectivity index (χ0) is 12.4. The van der Waals surface area contributed by atoms with Crippen molar-refractivity contribution in [1.29, 1.82) is 0 Å². The number of methoxy groups -OCH3 is 1. The summed E-state index contributed by atoms with van der Waals surface area (Å²) in [5, 5.41) is 15.3. The Hall–Kier alpha value is -0.650. The average molecular weight is 232 g/mol. The summed E-state index contributed by atoms with van der Waals surface area (Å²) in [5.74, 6) is -0.0231. The second kappa shape index (κ2) is 9.57. The lowest BCUT2D eigenvalue weighted by atomic mass is 10.1. The molecule has 0 aliphatic heterocycles. The Bertz CT molecular complexity index is 188. The van der Waals surface area contributed by atoms with Gasteiger partial charge in [-0.3, -0.25) is 4.79 Å². The highest BCUT2D eigenvalue weighted by Gasteiger charge is 2.12. The summed E-state index contributed by atoms with van der Waals surface area (Å²) in [6, 6.07) is 0. The molecule has 5 nitrogen and oxygen atoms in total. The number of rotatable bonds is 9. The van der Waals surface area contributed by atoms with E-state index < -0.39 is 6.10 Å². The first kappa shape index (κ1) is 15.3. The molecule has 0 aliphatic rings. The summed E-state index contributed by atoms with van der Waals surface area (Å²) >= 11 is 0. The highest BCUT2D eigenvalue weighted by Crippen LogP contribution is 1.94. The smallest absolute Gasteiger partial charge is 0.224 e. The van der Waals surface area contributed by atoms with Gasteiger partial charge in [-0.15, -0.1) is 0 Å². The summed E-state index contributed by atoms with van der Waals surface area (Å²) in [6.45, 7) is 6.23. The van der Waals surface area contributed by atoms with Crippen LogP contribution >= 0.6 is 0 Å². The molecule has 1 amide bonds. The van der Waals surface area contributed by atoms with E-state index in [9.17, 15) is 9.90 Å². The molecule has 16 heavy (non-hydrogen) atoms. The van der Waals surface area contributed by atoms with Gasteiger partial charge >= 0.3 is 0 Å². The van der Waals surface area contributed by atoms with Gasteiger partial charge in [-0.05, 0) is 13.0 Å². The number of hydrogen-bond acceptors (Lipinski definition) is 4. The van der Waals surface area contributed by atoms with Crippen LogP contribution in [0.15, 0.2) is 0 Å². The molecular weight excluding hydrogens is 208 g/mol. The first-order valence-electron chi connectivity index (χ1n) is 5.77. The van der Waals surface area contributed by atoms with Crippen LogP contribution < -0.4 is 10.6 Å². The van der Waals surface area contributed by atoms with Crippen LogP contribution in [0.5, 0.6) is 0 Å². The van der Waals surface area contributed by atoms with E-state index in [2.05, 4.69) is 10.6 Å². The molecule has 5 heteroatoms. The van der Waals surface area contributed by atoms with Crippen LogP contribution in [0.2, 0.25) is 0 Å². The van der Waals surface area contributed by atoms with Crippen molar-refractivity contribution in [3.05, 3.63) is 0 Å². The minimum Gasteiger partial charge on any atom is -0.391 e. The van der Waals surface area contributed by atoms with Gasteiger partial charge in [0.2, 0.25) is 5.91 Å². The summed E-state index contributed by atoms with van der Waals surface area (Å²) < 4.78 is 4.79. The monoisotopic (exact) mass is 232 g/mol. The van der Waals surface area contributed by atoms with E-state index in [-0.39, 0.29) is 11.8 Å². The van der Waals surface area contributed by atoms with Gasteiger partial charge in [-0.2, -0.15) is 0 Å². The van der Waals surface area contributed by atoms with Crippen LogP contribution in [0.25, 0.3) is 0 Å². The Labute approximate surface area is 97.6 Å². The standard InChI is InChI=1S/C11H24N2O3/c1-4-12-7-9(2)11(15)13-6-5-10(14)8-16-3/h9-10,12,14H,4-8H2,1-3H3,(H,13,15). The SMILES string of the molecule is CCNCC(C)C(=O)NCCC(O)COC. The van der Waals surface area contributed by atoms with Crippen LogP contribution in [-0.4, -0.2) is 50.5 Å². The van der Waals surface area contributed by atoms with Gasteiger partial charge in [-0.25, -0.2) is 0 Å². The number of carbonyl (C=O) groups is 1. The molecule has 0 aromatic rings. The van der Waals surface area contributed by atoms with Crippen molar-refractivity contribution in [2.24, 2.45) is 5.92 Å². The van der Waals surface area contributed by atoms with Gasteiger partial charge in [-0.1, -0.05) is 13.8 Å². The lowest BCUT2D eigenvalue weighted by Crippen LogP contribution is -2.36. The highest BCUT2D eigenvalue weighted by molar-refractivity contribution is 5.78. The predicted octanol–water partition coefficient (Wildman–Crippen LogP) is -0.254. The van der Waals surface area contributed by atoms with Crippen molar-refractivity contribution >= 4 is 5.91 Å². The van der Waals surface area contributed by atoms with Crippen LogP contribution in [0.1, 0.15) is 20.3 Å². The molecular formula is C11H24N2O3. The Morgan fingerprint density at radius 2 is 2.19 bits per heavy atom. The lowest BCUT2D eigenvalue weighted by Gasteiger charge is -2.14. The van der Waals surface area contributed by atoms with E-state index >= 15 is 0 Å². The van der Waals surface area contributed by atoms with Crippen LogP contribution in [0.3, 0.4) is 0 Å². The van der Waals surface area contributed by atoms with Crippen molar-refractivity contribution in [2.75, 3.05) is 33.4 Å². The Kier molecular flexibility index (Phi) is 9.18. The topological polar surface area (TPSA) is 70.6 Å². The van der Waals surface area contributed by atoms with Gasteiger partial charge < -0.3 is 20.5 Å². The second-order valence-corrected chi connectivity index (χ2v) is 3.90. The molecule has 0 saturated heterocycles. The molecule has 0 aromatic carbocycles. The minimum absolute atomic E-state index is 0.0190. The molecule has 0 rings (SSSR count). The van der Waals surface area contributed by atoms with Crippen LogP contribution in [0.4, 0.5) is 0 Å². The van der Waals surface area contributed by atoms with Gasteiger partial charge in [0.15, 0.2) is 0 Å². The van der Waals surface area contributed by atoms with Crippen molar-refractivity contribution in [3.8, 4) is 0 Å². The lowest BCUT2D eigenvalue weighted by molar-refractivity contribution is -0.124.